The van der Waals surface area contributed by atoms with Gasteiger partial charge >= 0.3 is 8.25 Å². The molecular weight excluding hydrogens is 571 g/mol. The van der Waals surface area contributed by atoms with E-state index in [9.17, 15) is 24.2 Å². The number of H-pyrrole nitrogens is 1. The van der Waals surface area contributed by atoms with Gasteiger partial charge in [0, 0.05) is 22.9 Å². The second-order valence-electron chi connectivity index (χ2n) is 11.3. The zero-order valence-electron chi connectivity index (χ0n) is 24.1. The number of imidazole rings is 1. The van der Waals surface area contributed by atoms with Crippen LogP contribution in [-0.2, 0) is 23.0 Å². The average molecular weight is 610 g/mol. The summed E-state index contributed by atoms with van der Waals surface area (Å²) < 4.78 is 30.9. The molecule has 0 saturated carbocycles. The van der Waals surface area contributed by atoms with Gasteiger partial charge in [0.2, 0.25) is 11.9 Å². The number of pyridine rings is 1. The maximum absolute atomic E-state index is 12.6. The van der Waals surface area contributed by atoms with Crippen molar-refractivity contribution in [3.05, 3.63) is 47.3 Å². The Morgan fingerprint density at radius 2 is 1.90 bits per heavy atom. The Morgan fingerprint density at radius 3 is 2.39 bits per heavy atom. The largest absolute Gasteiger partial charge is 0.695 e. The maximum Gasteiger partial charge on any atom is 0.695 e. The van der Waals surface area contributed by atoms with E-state index in [1.807, 2.05) is 52.1 Å². The van der Waals surface area contributed by atoms with Crippen LogP contribution in [0.25, 0.3) is 11.2 Å². The van der Waals surface area contributed by atoms with Gasteiger partial charge in [-0.15, -0.1) is 9.42 Å². The van der Waals surface area contributed by atoms with Crippen molar-refractivity contribution in [1.29, 1.82) is 0 Å². The lowest BCUT2D eigenvalue weighted by Crippen LogP contribution is -2.50. The molecule has 0 radical (unpaired) electrons. The highest BCUT2D eigenvalue weighted by Crippen LogP contribution is 2.44. The number of ether oxygens (including phenoxy) is 1. The standard InChI is InChI=1S/C20H32N5O8PSi.C5H5N/c1-10(2)16(27)23-19-22-15-12(17(28)24-19)21-9-25(15)18-14(32-34(29)30)13(11(8-26)31-18)33-35(6,7)20(3,4)5;1-2-4-6-5-3-1/h9-11,13-14,18,26H,8H2,1-7H3,(H2-,22,23,24,27,28,29,30);1-5H/p+1/t11-,13-,14-,18-;/m1./s1. The molecule has 1 saturated heterocycles. The second kappa shape index (κ2) is 13.4. The van der Waals surface area contributed by atoms with Crippen LogP contribution < -0.4 is 10.9 Å². The van der Waals surface area contributed by atoms with Crippen molar-refractivity contribution in [2.75, 3.05) is 11.9 Å². The fourth-order valence-corrected chi connectivity index (χ4v) is 5.45. The summed E-state index contributed by atoms with van der Waals surface area (Å²) in [6, 6.07) is 5.72. The first-order valence-corrected chi connectivity index (χ1v) is 17.1. The summed E-state index contributed by atoms with van der Waals surface area (Å²) in [6.45, 7) is 13.1. The number of aromatic amines is 1. The number of carbonyl (C=O) groups excluding carboxylic acids is 1. The second-order valence-corrected chi connectivity index (χ2v) is 16.7. The van der Waals surface area contributed by atoms with Gasteiger partial charge in [-0.05, 0) is 30.3 Å². The fraction of sp³-hybridized carbons (Fsp3) is 0.560. The molecule has 16 heteroatoms. The van der Waals surface area contributed by atoms with Gasteiger partial charge in [0.1, 0.15) is 12.2 Å². The third-order valence-electron chi connectivity index (χ3n) is 6.95. The Labute approximate surface area is 239 Å². The lowest BCUT2D eigenvalue weighted by molar-refractivity contribution is -0.118. The van der Waals surface area contributed by atoms with E-state index >= 15 is 0 Å². The number of nitrogens with one attached hydrogen (secondary N) is 2. The maximum atomic E-state index is 12.6. The molecule has 41 heavy (non-hydrogen) atoms. The van der Waals surface area contributed by atoms with Crippen molar-refractivity contribution in [2.24, 2.45) is 5.92 Å². The van der Waals surface area contributed by atoms with Crippen LogP contribution in [-0.4, -0.2) is 73.6 Å². The Balaban J connectivity index is 0.000000681. The smallest absolute Gasteiger partial charge is 0.408 e. The lowest BCUT2D eigenvalue weighted by atomic mass is 10.1. The molecule has 0 aliphatic carbocycles. The molecule has 3 aromatic heterocycles. The third kappa shape index (κ3) is 7.89. The molecule has 4 heterocycles. The molecule has 0 bridgehead atoms. The zero-order chi connectivity index (χ0) is 30.5. The Kier molecular flexibility index (Phi) is 10.6. The molecule has 3 aromatic rings. The van der Waals surface area contributed by atoms with Crippen molar-refractivity contribution >= 4 is 39.6 Å². The Bertz CT molecular complexity index is 1370. The summed E-state index contributed by atoms with van der Waals surface area (Å²) >= 11 is 0. The molecule has 0 spiro atoms. The molecule has 0 aromatic carbocycles. The predicted octanol–water partition coefficient (Wildman–Crippen LogP) is 3.11. The molecule has 224 valence electrons. The quantitative estimate of drug-likeness (QED) is 0.217. The highest BCUT2D eigenvalue weighted by atomic mass is 31.1. The molecule has 1 aliphatic rings. The van der Waals surface area contributed by atoms with E-state index in [2.05, 4.69) is 25.3 Å². The number of amides is 1. The van der Waals surface area contributed by atoms with Gasteiger partial charge in [-0.25, -0.2) is 4.98 Å². The van der Waals surface area contributed by atoms with Gasteiger partial charge in [0.15, 0.2) is 31.8 Å². The SMILES string of the molecule is CC(C)C(=O)Nc1nc2c(ncn2[C@@H]2O[C@H](CO)[C@@H](O[Si](C)(C)C(C)(C)C)[C@H]2O[P+](=O)O)c(=O)[nH]1.c1ccncc1. The number of carbonyl (C=O) groups is 1. The number of hydrogen-bond donors (Lipinski definition) is 4. The summed E-state index contributed by atoms with van der Waals surface area (Å²) in [4.78, 5) is 49.0. The van der Waals surface area contributed by atoms with Gasteiger partial charge in [0.25, 0.3) is 5.56 Å². The number of aliphatic hydroxyl groups excluding tert-OH is 1. The molecule has 5 atom stereocenters. The van der Waals surface area contributed by atoms with Crippen molar-refractivity contribution in [3.63, 3.8) is 0 Å². The number of nitrogens with zero attached hydrogens (tertiary/aromatic N) is 4. The van der Waals surface area contributed by atoms with Crippen LogP contribution in [0.2, 0.25) is 18.1 Å². The van der Waals surface area contributed by atoms with Gasteiger partial charge in [-0.2, -0.15) is 4.98 Å². The molecule has 14 nitrogen and oxygen atoms in total. The van der Waals surface area contributed by atoms with E-state index in [-0.39, 0.29) is 34.0 Å². The van der Waals surface area contributed by atoms with Crippen LogP contribution in [0.3, 0.4) is 0 Å². The minimum atomic E-state index is -3.06. The van der Waals surface area contributed by atoms with Crippen molar-refractivity contribution in [1.82, 2.24) is 24.5 Å². The molecule has 4 N–H and O–H groups in total. The number of anilines is 1. The van der Waals surface area contributed by atoms with Gasteiger partial charge < -0.3 is 14.3 Å². The van der Waals surface area contributed by atoms with Gasteiger partial charge in [0.05, 0.1) is 12.9 Å². The molecule has 1 fully saturated rings. The van der Waals surface area contributed by atoms with E-state index in [4.69, 9.17) is 13.7 Å². The number of aliphatic hydroxyl groups is 1. The van der Waals surface area contributed by atoms with Crippen LogP contribution in [0.1, 0.15) is 40.8 Å². The average Bonchev–Trinajstić information content (AvgIpc) is 3.45. The highest BCUT2D eigenvalue weighted by molar-refractivity contribution is 7.32. The van der Waals surface area contributed by atoms with Crippen LogP contribution in [0, 0.1) is 5.92 Å². The summed E-state index contributed by atoms with van der Waals surface area (Å²) in [7, 11) is -5.49. The first kappa shape index (κ1) is 32.6. The minimum absolute atomic E-state index is 0.0300. The summed E-state index contributed by atoms with van der Waals surface area (Å²) in [6.07, 6.45) is 0.809. The monoisotopic (exact) mass is 609 g/mol. The zero-order valence-corrected chi connectivity index (χ0v) is 26.0. The van der Waals surface area contributed by atoms with Gasteiger partial charge in [-0.3, -0.25) is 29.4 Å². The first-order chi connectivity index (χ1) is 19.2. The first-order valence-electron chi connectivity index (χ1n) is 13.1. The highest BCUT2D eigenvalue weighted by Gasteiger charge is 2.54. The van der Waals surface area contributed by atoms with Crippen LogP contribution in [0.15, 0.2) is 41.7 Å². The number of rotatable bonds is 8. The number of aromatic nitrogens is 5. The molecule has 4 rings (SSSR count). The van der Waals surface area contributed by atoms with E-state index in [0.29, 0.717) is 0 Å². The van der Waals surface area contributed by atoms with E-state index in [0.717, 1.165) is 0 Å². The topological polar surface area (TPSA) is 191 Å². The van der Waals surface area contributed by atoms with Gasteiger partial charge in [-0.1, -0.05) is 40.7 Å². The van der Waals surface area contributed by atoms with E-state index in [1.165, 1.54) is 10.9 Å². The predicted molar refractivity (Wildman–Crippen MR) is 154 cm³/mol. The lowest BCUT2D eigenvalue weighted by Gasteiger charge is -2.39. The molecule has 1 aliphatic heterocycles. The number of fused-ring (bicyclic) bond motifs is 1. The minimum Gasteiger partial charge on any atom is -0.408 e. The van der Waals surface area contributed by atoms with Crippen LogP contribution >= 0.6 is 8.25 Å². The van der Waals surface area contributed by atoms with Crippen LogP contribution in [0.5, 0.6) is 0 Å². The normalized spacial score (nSPS) is 21.5. The van der Waals surface area contributed by atoms with Crippen molar-refractivity contribution < 1.29 is 33.0 Å². The van der Waals surface area contributed by atoms with Crippen LogP contribution in [0.4, 0.5) is 5.95 Å². The van der Waals surface area contributed by atoms with E-state index in [1.54, 1.807) is 26.2 Å². The summed E-state index contributed by atoms with van der Waals surface area (Å²) in [5.41, 5.74) is -0.564. The van der Waals surface area contributed by atoms with E-state index < -0.39 is 53.3 Å². The molecule has 1 amide bonds. The molecule has 1 unspecified atom stereocenters. The summed E-state index contributed by atoms with van der Waals surface area (Å²) in [5, 5.41) is 12.4. The Hall–Kier alpha value is -2.91. The Morgan fingerprint density at radius 1 is 1.24 bits per heavy atom. The fourth-order valence-electron chi connectivity index (χ4n) is 3.70. The molecular formula is C25H38N6O8PSi+. The van der Waals surface area contributed by atoms with Crippen molar-refractivity contribution in [2.45, 2.75) is 77.3 Å². The van der Waals surface area contributed by atoms with Crippen molar-refractivity contribution in [3.8, 4) is 0 Å². The third-order valence-corrected chi connectivity index (χ3v) is 11.9. The number of hydrogen-bond acceptors (Lipinski definition) is 10. The summed E-state index contributed by atoms with van der Waals surface area (Å²) in [5.74, 6) is -0.784.